The Morgan fingerprint density at radius 1 is 0.771 bits per heavy atom. The normalized spacial score (nSPS) is 22.6. The first-order valence-corrected chi connectivity index (χ1v) is 11.0. The Kier molecular flexibility index (Phi) is 14.0. The van der Waals surface area contributed by atoms with E-state index >= 15 is 0 Å². The molecule has 2 aliphatic carbocycles. The van der Waals surface area contributed by atoms with Gasteiger partial charge < -0.3 is 25.2 Å². The minimum atomic E-state index is -0.794. The lowest BCUT2D eigenvalue weighted by molar-refractivity contribution is -0.176. The summed E-state index contributed by atoms with van der Waals surface area (Å²) in [5.41, 5.74) is -1.01. The molecule has 2 rings (SSSR count). The molecule has 2 aliphatic rings. The molecule has 0 heterocycles. The summed E-state index contributed by atoms with van der Waals surface area (Å²) in [6.45, 7) is 10.8. The molecule has 0 bridgehead atoms. The van der Waals surface area contributed by atoms with Gasteiger partial charge in [-0.3, -0.25) is 14.4 Å². The number of nitrogens with zero attached hydrogens (tertiary/aromatic N) is 1. The molecule has 0 unspecified atom stereocenters. The lowest BCUT2D eigenvalue weighted by Gasteiger charge is -2.36. The highest BCUT2D eigenvalue weighted by atomic mass is 16.7. The van der Waals surface area contributed by atoms with Gasteiger partial charge in [0.1, 0.15) is 11.2 Å². The molecule has 0 aromatic heterocycles. The molecule has 3 N–H and O–H groups in total. The average molecular weight is 506 g/mol. The number of nitrogens with one attached hydrogen (secondary N) is 2. The molecule has 0 aromatic carbocycles. The van der Waals surface area contributed by atoms with Crippen LogP contribution in [0.25, 0.3) is 0 Å². The fourth-order valence-electron chi connectivity index (χ4n) is 3.17. The number of carbonyl (C=O) groups is 4. The van der Waals surface area contributed by atoms with Crippen molar-refractivity contribution in [3.63, 3.8) is 0 Å². The number of alkyl carbamates (subject to hydrolysis) is 2. The van der Waals surface area contributed by atoms with Crippen LogP contribution in [0.1, 0.15) is 82.1 Å². The van der Waals surface area contributed by atoms with Crippen LogP contribution in [-0.4, -0.2) is 71.7 Å². The van der Waals surface area contributed by atoms with Crippen molar-refractivity contribution >= 4 is 24.1 Å². The molecule has 11 heteroatoms. The van der Waals surface area contributed by atoms with E-state index in [0.29, 0.717) is 25.7 Å². The standard InChI is InChI=1S/C12H22N2O4.C10H17NO4.2CH4/c1-12(2,3)18-11(16)13-9-6-8(7-9)10(15)14(4)17-5;1-10(2,3)15-9(14)11-7-4-6(5-7)8(12)13;;/h8-9H,6-7H2,1-5H3,(H,13,16);6-7H,4-5H2,1-3H3,(H,11,14)(H,12,13);2*1H4. The van der Waals surface area contributed by atoms with E-state index in [2.05, 4.69) is 10.6 Å². The zero-order valence-corrected chi connectivity index (χ0v) is 20.9. The van der Waals surface area contributed by atoms with Crippen molar-refractivity contribution < 1.29 is 38.6 Å². The van der Waals surface area contributed by atoms with Gasteiger partial charge in [0.25, 0.3) is 0 Å². The van der Waals surface area contributed by atoms with Crippen LogP contribution in [0.15, 0.2) is 0 Å². The molecule has 0 atom stereocenters. The second-order valence-corrected chi connectivity index (χ2v) is 10.4. The van der Waals surface area contributed by atoms with Crippen molar-refractivity contribution in [2.24, 2.45) is 11.8 Å². The molecule has 11 nitrogen and oxygen atoms in total. The van der Waals surface area contributed by atoms with Crippen molar-refractivity contribution in [1.82, 2.24) is 15.7 Å². The summed E-state index contributed by atoms with van der Waals surface area (Å²) >= 11 is 0. The van der Waals surface area contributed by atoms with E-state index in [1.165, 1.54) is 12.2 Å². The first-order chi connectivity index (χ1) is 15.0. The Balaban J connectivity index is 0. The van der Waals surface area contributed by atoms with Crippen LogP contribution in [0, 0.1) is 11.8 Å². The molecule has 0 aromatic rings. The fourth-order valence-corrected chi connectivity index (χ4v) is 3.17. The van der Waals surface area contributed by atoms with Crippen LogP contribution in [0.4, 0.5) is 9.59 Å². The Morgan fingerprint density at radius 2 is 1.11 bits per heavy atom. The smallest absolute Gasteiger partial charge is 0.407 e. The largest absolute Gasteiger partial charge is 0.481 e. The summed E-state index contributed by atoms with van der Waals surface area (Å²) in [5, 5.41) is 15.2. The van der Waals surface area contributed by atoms with Crippen LogP contribution < -0.4 is 10.6 Å². The molecule has 35 heavy (non-hydrogen) atoms. The highest BCUT2D eigenvalue weighted by Crippen LogP contribution is 2.29. The molecule has 0 radical (unpaired) electrons. The maximum atomic E-state index is 11.7. The molecule has 2 fully saturated rings. The summed E-state index contributed by atoms with van der Waals surface area (Å²) in [6, 6.07) is -0.0417. The zero-order chi connectivity index (χ0) is 25.6. The average Bonchev–Trinajstić information content (AvgIpc) is 2.56. The number of amides is 3. The Hall–Kier alpha value is -2.56. The first kappa shape index (κ1) is 34.6. The number of carbonyl (C=O) groups excluding carboxylic acids is 3. The molecule has 3 amide bonds. The van der Waals surface area contributed by atoms with Crippen molar-refractivity contribution in [2.75, 3.05) is 14.2 Å². The molecule has 0 aliphatic heterocycles. The second kappa shape index (κ2) is 14.1. The van der Waals surface area contributed by atoms with Crippen molar-refractivity contribution in [1.29, 1.82) is 0 Å². The van der Waals surface area contributed by atoms with Gasteiger partial charge in [0.15, 0.2) is 0 Å². The molecule has 2 saturated carbocycles. The van der Waals surface area contributed by atoms with Gasteiger partial charge in [-0.1, -0.05) is 14.9 Å². The predicted molar refractivity (Wildman–Crippen MR) is 133 cm³/mol. The van der Waals surface area contributed by atoms with Crippen molar-refractivity contribution in [3.8, 4) is 0 Å². The SMILES string of the molecule is C.C.CC(C)(C)OC(=O)NC1CC(C(=O)O)C1.CON(C)C(=O)C1CC(NC(=O)OC(C)(C)C)C1. The van der Waals surface area contributed by atoms with E-state index in [0.717, 1.165) is 0 Å². The van der Waals surface area contributed by atoms with Gasteiger partial charge in [-0.05, 0) is 67.2 Å². The van der Waals surface area contributed by atoms with Crippen LogP contribution in [0.5, 0.6) is 0 Å². The van der Waals surface area contributed by atoms with Crippen LogP contribution >= 0.6 is 0 Å². The van der Waals surface area contributed by atoms with Gasteiger partial charge in [0, 0.05) is 25.0 Å². The van der Waals surface area contributed by atoms with E-state index in [-0.39, 0.29) is 44.7 Å². The topological polar surface area (TPSA) is 143 Å². The van der Waals surface area contributed by atoms with Crippen LogP contribution in [-0.2, 0) is 23.9 Å². The highest BCUT2D eigenvalue weighted by Gasteiger charge is 2.38. The summed E-state index contributed by atoms with van der Waals surface area (Å²) < 4.78 is 10.2. The third-order valence-corrected chi connectivity index (χ3v) is 5.00. The molecular formula is C24H47N3O8. The van der Waals surface area contributed by atoms with E-state index < -0.39 is 29.4 Å². The van der Waals surface area contributed by atoms with E-state index in [1.807, 2.05) is 20.8 Å². The predicted octanol–water partition coefficient (Wildman–Crippen LogP) is 3.96. The van der Waals surface area contributed by atoms with Gasteiger partial charge in [-0.25, -0.2) is 14.7 Å². The van der Waals surface area contributed by atoms with Crippen LogP contribution in [0.3, 0.4) is 0 Å². The number of hydroxylamine groups is 2. The summed E-state index contributed by atoms with van der Waals surface area (Å²) in [7, 11) is 3.03. The van der Waals surface area contributed by atoms with Gasteiger partial charge in [-0.15, -0.1) is 0 Å². The minimum absolute atomic E-state index is 0. The van der Waals surface area contributed by atoms with E-state index in [9.17, 15) is 19.2 Å². The number of hydrogen-bond acceptors (Lipinski definition) is 7. The number of ether oxygens (including phenoxy) is 2. The number of rotatable bonds is 5. The third-order valence-electron chi connectivity index (χ3n) is 5.00. The number of carboxylic acids is 1. The fraction of sp³-hybridized carbons (Fsp3) is 0.833. The number of carboxylic acid groups (broad SMARTS) is 1. The van der Waals surface area contributed by atoms with Gasteiger partial charge in [0.05, 0.1) is 13.0 Å². The van der Waals surface area contributed by atoms with Gasteiger partial charge in [0.2, 0.25) is 5.91 Å². The molecule has 206 valence electrons. The first-order valence-electron chi connectivity index (χ1n) is 11.0. The summed E-state index contributed by atoms with van der Waals surface area (Å²) in [5.74, 6) is -1.24. The zero-order valence-electron chi connectivity index (χ0n) is 20.9. The Bertz CT molecular complexity index is 703. The van der Waals surface area contributed by atoms with Crippen molar-refractivity contribution in [3.05, 3.63) is 0 Å². The van der Waals surface area contributed by atoms with Gasteiger partial charge >= 0.3 is 18.2 Å². The van der Waals surface area contributed by atoms with Gasteiger partial charge in [-0.2, -0.15) is 0 Å². The molecule has 0 spiro atoms. The number of hydrogen-bond donors (Lipinski definition) is 3. The molecular weight excluding hydrogens is 458 g/mol. The van der Waals surface area contributed by atoms with Crippen molar-refractivity contribution in [2.45, 2.75) is 105 Å². The monoisotopic (exact) mass is 505 g/mol. The highest BCUT2D eigenvalue weighted by molar-refractivity contribution is 5.79. The maximum Gasteiger partial charge on any atom is 0.407 e. The minimum Gasteiger partial charge on any atom is -0.481 e. The summed E-state index contributed by atoms with van der Waals surface area (Å²) in [6.07, 6.45) is 1.34. The number of aliphatic carboxylic acids is 1. The molecule has 0 saturated heterocycles. The summed E-state index contributed by atoms with van der Waals surface area (Å²) in [4.78, 5) is 49.7. The second-order valence-electron chi connectivity index (χ2n) is 10.4. The Morgan fingerprint density at radius 3 is 1.40 bits per heavy atom. The third kappa shape index (κ3) is 13.2. The van der Waals surface area contributed by atoms with Crippen LogP contribution in [0.2, 0.25) is 0 Å². The van der Waals surface area contributed by atoms with E-state index in [1.54, 1.807) is 27.8 Å². The Labute approximate surface area is 210 Å². The lowest BCUT2D eigenvalue weighted by atomic mass is 9.79. The lowest BCUT2D eigenvalue weighted by Crippen LogP contribution is -2.50. The maximum absolute atomic E-state index is 11.7. The van der Waals surface area contributed by atoms with E-state index in [4.69, 9.17) is 19.4 Å². The quantitative estimate of drug-likeness (QED) is 0.476.